The standard InChI is InChI=1S/C34H33NO6/c1-40-30-19-22(15-16-29(30)41-20-23-9-4-8-21-7-2-3-10-24(21)23)32-33-25(11-5-13-27(33)36)35(18-17-31(38)39)26-12-6-14-28(37)34(26)32/h2-4,7-10,15-16,19,32H,5-6,11-14,17-18,20H2,1H3,(H,38,39). The lowest BCUT2D eigenvalue weighted by Gasteiger charge is -2.44. The highest BCUT2D eigenvalue weighted by molar-refractivity contribution is 6.06. The fourth-order valence-electron chi connectivity index (χ4n) is 6.58. The first-order valence-electron chi connectivity index (χ1n) is 14.3. The Labute approximate surface area is 239 Å². The van der Waals surface area contributed by atoms with Crippen LogP contribution in [0.5, 0.6) is 11.5 Å². The zero-order chi connectivity index (χ0) is 28.5. The van der Waals surface area contributed by atoms with E-state index in [9.17, 15) is 19.5 Å². The molecule has 3 aliphatic rings. The van der Waals surface area contributed by atoms with Gasteiger partial charge in [-0.25, -0.2) is 0 Å². The molecular weight excluding hydrogens is 518 g/mol. The van der Waals surface area contributed by atoms with E-state index in [0.717, 1.165) is 46.1 Å². The Bertz CT molecular complexity index is 1570. The summed E-state index contributed by atoms with van der Waals surface area (Å²) in [7, 11) is 1.59. The molecule has 0 saturated heterocycles. The van der Waals surface area contributed by atoms with Gasteiger partial charge in [0.1, 0.15) is 6.61 Å². The maximum Gasteiger partial charge on any atom is 0.305 e. The Hall–Kier alpha value is -4.39. The number of carbonyl (C=O) groups excluding carboxylic acids is 2. The number of methoxy groups -OCH3 is 1. The van der Waals surface area contributed by atoms with Gasteiger partial charge >= 0.3 is 5.97 Å². The number of hydrogen-bond donors (Lipinski definition) is 1. The van der Waals surface area contributed by atoms with Crippen LogP contribution < -0.4 is 9.47 Å². The van der Waals surface area contributed by atoms with Gasteiger partial charge in [0, 0.05) is 47.8 Å². The minimum absolute atomic E-state index is 0.0248. The lowest BCUT2D eigenvalue weighted by Crippen LogP contribution is -2.39. The van der Waals surface area contributed by atoms with Crippen molar-refractivity contribution < 1.29 is 29.0 Å². The number of carboxylic acid groups (broad SMARTS) is 1. The number of fused-ring (bicyclic) bond motifs is 1. The van der Waals surface area contributed by atoms with Crippen LogP contribution in [0.15, 0.2) is 83.2 Å². The molecule has 1 heterocycles. The zero-order valence-corrected chi connectivity index (χ0v) is 23.2. The Morgan fingerprint density at radius 2 is 1.56 bits per heavy atom. The maximum absolute atomic E-state index is 13.5. The number of carbonyl (C=O) groups is 3. The van der Waals surface area contributed by atoms with E-state index in [4.69, 9.17) is 9.47 Å². The number of aliphatic carboxylic acids is 1. The number of rotatable bonds is 8. The highest BCUT2D eigenvalue weighted by atomic mass is 16.5. The molecule has 210 valence electrons. The molecule has 1 aliphatic heterocycles. The molecule has 0 saturated carbocycles. The predicted octanol–water partition coefficient (Wildman–Crippen LogP) is 6.32. The van der Waals surface area contributed by atoms with E-state index in [0.29, 0.717) is 54.9 Å². The summed E-state index contributed by atoms with van der Waals surface area (Å²) >= 11 is 0. The topological polar surface area (TPSA) is 93.1 Å². The van der Waals surface area contributed by atoms with Crippen LogP contribution in [0.1, 0.15) is 62.0 Å². The molecule has 0 amide bonds. The van der Waals surface area contributed by atoms with Gasteiger partial charge in [-0.05, 0) is 59.7 Å². The number of hydrogen-bond acceptors (Lipinski definition) is 6. The van der Waals surface area contributed by atoms with Crippen LogP contribution >= 0.6 is 0 Å². The van der Waals surface area contributed by atoms with E-state index in [1.165, 1.54) is 0 Å². The number of benzene rings is 3. The lowest BCUT2D eigenvalue weighted by molar-refractivity contribution is -0.137. The van der Waals surface area contributed by atoms with Gasteiger partial charge in [0.05, 0.1) is 13.5 Å². The molecule has 7 heteroatoms. The van der Waals surface area contributed by atoms with Crippen LogP contribution in [0.25, 0.3) is 10.8 Å². The van der Waals surface area contributed by atoms with E-state index >= 15 is 0 Å². The highest BCUT2D eigenvalue weighted by Gasteiger charge is 2.43. The molecule has 0 unspecified atom stereocenters. The van der Waals surface area contributed by atoms with Gasteiger partial charge in [-0.1, -0.05) is 48.5 Å². The smallest absolute Gasteiger partial charge is 0.305 e. The summed E-state index contributed by atoms with van der Waals surface area (Å²) in [5.74, 6) is -0.232. The fraction of sp³-hybridized carbons (Fsp3) is 0.324. The van der Waals surface area contributed by atoms with Crippen LogP contribution in [0.2, 0.25) is 0 Å². The minimum atomic E-state index is -0.899. The van der Waals surface area contributed by atoms with Crippen molar-refractivity contribution in [3.8, 4) is 11.5 Å². The second-order valence-corrected chi connectivity index (χ2v) is 10.8. The molecule has 6 rings (SSSR count). The largest absolute Gasteiger partial charge is 0.493 e. The number of ether oxygens (including phenoxy) is 2. The Morgan fingerprint density at radius 1 is 0.878 bits per heavy atom. The summed E-state index contributed by atoms with van der Waals surface area (Å²) in [5.41, 5.74) is 4.87. The molecule has 3 aromatic rings. The monoisotopic (exact) mass is 551 g/mol. The quantitative estimate of drug-likeness (QED) is 0.350. The summed E-state index contributed by atoms with van der Waals surface area (Å²) in [5, 5.41) is 11.7. The normalized spacial score (nSPS) is 17.5. The maximum atomic E-state index is 13.5. The van der Waals surface area contributed by atoms with Gasteiger partial charge in [-0.3, -0.25) is 14.4 Å². The van der Waals surface area contributed by atoms with Gasteiger partial charge in [-0.15, -0.1) is 0 Å². The molecule has 0 atom stereocenters. The van der Waals surface area contributed by atoms with Gasteiger partial charge in [0.15, 0.2) is 23.1 Å². The van der Waals surface area contributed by atoms with Crippen molar-refractivity contribution in [2.24, 2.45) is 0 Å². The molecule has 1 N–H and O–H groups in total. The molecule has 0 fully saturated rings. The van der Waals surface area contributed by atoms with Crippen molar-refractivity contribution in [3.05, 3.63) is 94.3 Å². The summed E-state index contributed by atoms with van der Waals surface area (Å²) in [6, 6.07) is 20.0. The van der Waals surface area contributed by atoms with Crippen LogP contribution in [-0.2, 0) is 21.0 Å². The zero-order valence-electron chi connectivity index (χ0n) is 23.2. The van der Waals surface area contributed by atoms with Crippen LogP contribution in [0, 0.1) is 0 Å². The van der Waals surface area contributed by atoms with Crippen LogP contribution in [-0.4, -0.2) is 41.2 Å². The second kappa shape index (κ2) is 11.2. The minimum Gasteiger partial charge on any atom is -0.493 e. The van der Waals surface area contributed by atoms with Crippen molar-refractivity contribution in [2.75, 3.05) is 13.7 Å². The number of Topliss-reactive ketones (excluding diaryl/α,β-unsaturated/α-hetero) is 2. The van der Waals surface area contributed by atoms with Gasteiger partial charge in [0.2, 0.25) is 0 Å². The third kappa shape index (κ3) is 5.01. The van der Waals surface area contributed by atoms with E-state index < -0.39 is 11.9 Å². The lowest BCUT2D eigenvalue weighted by atomic mass is 9.71. The molecule has 0 spiro atoms. The second-order valence-electron chi connectivity index (χ2n) is 10.8. The third-order valence-corrected chi connectivity index (χ3v) is 8.42. The molecule has 0 aromatic heterocycles. The molecule has 41 heavy (non-hydrogen) atoms. The number of ketones is 2. The van der Waals surface area contributed by atoms with Gasteiger partial charge in [0.25, 0.3) is 0 Å². The molecule has 2 aliphatic carbocycles. The average molecular weight is 552 g/mol. The SMILES string of the molecule is COc1cc(C2C3=C(CCCC3=O)N(CCC(=O)O)C3=C2C(=O)CCC3)ccc1OCc1cccc2ccccc12. The molecule has 3 aromatic carbocycles. The summed E-state index contributed by atoms with van der Waals surface area (Å²) in [6.07, 6.45) is 3.59. The Kier molecular flexibility index (Phi) is 7.35. The van der Waals surface area contributed by atoms with Crippen LogP contribution in [0.3, 0.4) is 0 Å². The number of nitrogens with zero attached hydrogens (tertiary/aromatic N) is 1. The van der Waals surface area contributed by atoms with Crippen molar-refractivity contribution >= 4 is 28.3 Å². The van der Waals surface area contributed by atoms with Crippen molar-refractivity contribution in [3.63, 3.8) is 0 Å². The Morgan fingerprint density at radius 3 is 2.24 bits per heavy atom. The van der Waals surface area contributed by atoms with Gasteiger partial charge < -0.3 is 19.5 Å². The summed E-state index contributed by atoms with van der Waals surface area (Å²) in [6.45, 7) is 0.616. The van der Waals surface area contributed by atoms with Crippen molar-refractivity contribution in [1.82, 2.24) is 4.90 Å². The average Bonchev–Trinajstić information content (AvgIpc) is 2.98. The predicted molar refractivity (Wildman–Crippen MR) is 155 cm³/mol. The van der Waals surface area contributed by atoms with E-state index in [1.54, 1.807) is 7.11 Å². The van der Waals surface area contributed by atoms with E-state index in [-0.39, 0.29) is 24.5 Å². The first-order valence-corrected chi connectivity index (χ1v) is 14.3. The van der Waals surface area contributed by atoms with Crippen LogP contribution in [0.4, 0.5) is 0 Å². The number of carboxylic acids is 1. The van der Waals surface area contributed by atoms with Crippen molar-refractivity contribution in [1.29, 1.82) is 0 Å². The first kappa shape index (κ1) is 26.8. The molecule has 0 bridgehead atoms. The van der Waals surface area contributed by atoms with E-state index in [1.807, 2.05) is 47.4 Å². The molecular formula is C34H33NO6. The van der Waals surface area contributed by atoms with E-state index in [2.05, 4.69) is 18.2 Å². The van der Waals surface area contributed by atoms with Gasteiger partial charge in [-0.2, -0.15) is 0 Å². The summed E-state index contributed by atoms with van der Waals surface area (Å²) < 4.78 is 12.0. The Balaban J connectivity index is 1.38. The third-order valence-electron chi connectivity index (χ3n) is 8.42. The van der Waals surface area contributed by atoms with Crippen molar-refractivity contribution in [2.45, 2.75) is 57.5 Å². The molecule has 0 radical (unpaired) electrons. The highest BCUT2D eigenvalue weighted by Crippen LogP contribution is 2.50. The number of allylic oxidation sites excluding steroid dienone is 4. The first-order chi connectivity index (χ1) is 20.0. The molecule has 7 nitrogen and oxygen atoms in total. The summed E-state index contributed by atoms with van der Waals surface area (Å²) in [4.78, 5) is 40.4. The fourth-order valence-corrected chi connectivity index (χ4v) is 6.58.